The number of hydrogen-bond donors (Lipinski definition) is 1. The summed E-state index contributed by atoms with van der Waals surface area (Å²) in [6.07, 6.45) is 5.02. The van der Waals surface area contributed by atoms with E-state index in [0.717, 1.165) is 29.8 Å². The van der Waals surface area contributed by atoms with Crippen LogP contribution in [0.4, 0.5) is 0 Å². The molecule has 160 valence electrons. The number of hydrazine groups is 1. The minimum Gasteiger partial charge on any atom is -0.478 e. The van der Waals surface area contributed by atoms with Gasteiger partial charge in [0.25, 0.3) is 0 Å². The number of allylic oxidation sites excluding steroid dienone is 1. The number of nitrogens with one attached hydrogen (secondary N) is 1. The van der Waals surface area contributed by atoms with Crippen molar-refractivity contribution in [2.45, 2.75) is 25.8 Å². The molecule has 0 radical (unpaired) electrons. The number of rotatable bonds is 10. The standard InChI is InChI=1S/C21H27ClN6O2/c1-14-7-18(28(4)25-14)11-23-17(12-29)9-21(26-27(2)3)30-13-15-8-19(15)20-6-5-16(22)10-24-20/h5-7,9-10,12,15,19,26H,8,11,13H2,1-4H3/t15-,19+/m1/s1. The first-order chi connectivity index (χ1) is 14.4. The van der Waals surface area contributed by atoms with E-state index in [2.05, 4.69) is 20.5 Å². The molecule has 0 amide bonds. The van der Waals surface area contributed by atoms with Crippen molar-refractivity contribution in [2.24, 2.45) is 18.0 Å². The van der Waals surface area contributed by atoms with E-state index in [0.29, 0.717) is 41.6 Å². The van der Waals surface area contributed by atoms with Crippen molar-refractivity contribution in [1.29, 1.82) is 0 Å². The fourth-order valence-corrected chi connectivity index (χ4v) is 3.27. The third-order valence-electron chi connectivity index (χ3n) is 4.76. The van der Waals surface area contributed by atoms with Crippen LogP contribution in [0.1, 0.15) is 29.4 Å². The molecule has 0 bridgehead atoms. The number of nitrogens with zero attached hydrogens (tertiary/aromatic N) is 5. The van der Waals surface area contributed by atoms with Crippen molar-refractivity contribution in [2.75, 3.05) is 20.7 Å². The van der Waals surface area contributed by atoms with Gasteiger partial charge in [-0.3, -0.25) is 24.9 Å². The van der Waals surface area contributed by atoms with Crippen LogP contribution in [-0.4, -0.2) is 52.5 Å². The minimum atomic E-state index is 0.296. The maximum Gasteiger partial charge on any atom is 0.203 e. The Morgan fingerprint density at radius 2 is 2.27 bits per heavy atom. The van der Waals surface area contributed by atoms with Gasteiger partial charge in [-0.1, -0.05) is 11.6 Å². The summed E-state index contributed by atoms with van der Waals surface area (Å²) in [5.74, 6) is 1.22. The van der Waals surface area contributed by atoms with Gasteiger partial charge >= 0.3 is 0 Å². The molecule has 0 saturated heterocycles. The largest absolute Gasteiger partial charge is 0.478 e. The second-order valence-corrected chi connectivity index (χ2v) is 8.03. The Morgan fingerprint density at radius 1 is 1.47 bits per heavy atom. The van der Waals surface area contributed by atoms with Crippen molar-refractivity contribution in [1.82, 2.24) is 25.2 Å². The molecule has 0 unspecified atom stereocenters. The van der Waals surface area contributed by atoms with E-state index in [1.165, 1.54) is 0 Å². The second kappa shape index (κ2) is 9.86. The first kappa shape index (κ1) is 22.0. The first-order valence-corrected chi connectivity index (χ1v) is 10.1. The molecule has 2 aromatic heterocycles. The van der Waals surface area contributed by atoms with Crippen LogP contribution in [0.2, 0.25) is 5.02 Å². The topological polar surface area (TPSA) is 84.6 Å². The molecule has 0 aliphatic heterocycles. The van der Waals surface area contributed by atoms with Crippen LogP contribution in [0, 0.1) is 12.8 Å². The van der Waals surface area contributed by atoms with E-state index < -0.39 is 0 Å². The molecule has 30 heavy (non-hydrogen) atoms. The number of carbonyl (C=O) groups excluding carboxylic acids is 1. The SMILES string of the molecule is Cc1cc(CN=C(C=O)C=C(NN(C)C)OC[C@H]2C[C@@H]2c2ccc(Cl)cn2)n(C)n1. The number of ether oxygens (including phenoxy) is 1. The molecule has 1 N–H and O–H groups in total. The van der Waals surface area contributed by atoms with Gasteiger partial charge in [-0.2, -0.15) is 5.10 Å². The van der Waals surface area contributed by atoms with Crippen LogP contribution >= 0.6 is 11.6 Å². The average Bonchev–Trinajstić information content (AvgIpc) is 3.40. The predicted molar refractivity (Wildman–Crippen MR) is 116 cm³/mol. The van der Waals surface area contributed by atoms with Gasteiger partial charge in [0.2, 0.25) is 5.88 Å². The van der Waals surface area contributed by atoms with Crippen molar-refractivity contribution in [3.05, 3.63) is 58.5 Å². The lowest BCUT2D eigenvalue weighted by Gasteiger charge is -2.17. The van der Waals surface area contributed by atoms with Crippen LogP contribution in [-0.2, 0) is 23.1 Å². The number of hydrogen-bond acceptors (Lipinski definition) is 7. The van der Waals surface area contributed by atoms with Gasteiger partial charge in [0.15, 0.2) is 6.29 Å². The maximum absolute atomic E-state index is 11.5. The van der Waals surface area contributed by atoms with Crippen molar-refractivity contribution in [3.8, 4) is 0 Å². The molecule has 0 aromatic carbocycles. The predicted octanol–water partition coefficient (Wildman–Crippen LogP) is 2.64. The number of aliphatic imine (C=N–C) groups is 1. The van der Waals surface area contributed by atoms with Gasteiger partial charge in [-0.05, 0) is 31.5 Å². The third-order valence-corrected chi connectivity index (χ3v) is 4.99. The van der Waals surface area contributed by atoms with Gasteiger partial charge in [0.05, 0.1) is 29.6 Å². The summed E-state index contributed by atoms with van der Waals surface area (Å²) in [6, 6.07) is 5.76. The lowest BCUT2D eigenvalue weighted by molar-refractivity contribution is -0.102. The highest BCUT2D eigenvalue weighted by Gasteiger charge is 2.40. The van der Waals surface area contributed by atoms with E-state index >= 15 is 0 Å². The van der Waals surface area contributed by atoms with E-state index in [9.17, 15) is 4.79 Å². The zero-order valence-corrected chi connectivity index (χ0v) is 18.4. The van der Waals surface area contributed by atoms with Gasteiger partial charge in [0, 0.05) is 50.9 Å². The van der Waals surface area contributed by atoms with Gasteiger partial charge in [-0.15, -0.1) is 0 Å². The molecule has 2 aromatic rings. The van der Waals surface area contributed by atoms with Gasteiger partial charge in [-0.25, -0.2) is 5.01 Å². The van der Waals surface area contributed by atoms with Crippen LogP contribution in [0.15, 0.2) is 41.3 Å². The Balaban J connectivity index is 1.63. The van der Waals surface area contributed by atoms with Crippen LogP contribution in [0.5, 0.6) is 0 Å². The Hall–Kier alpha value is -2.71. The minimum absolute atomic E-state index is 0.296. The summed E-state index contributed by atoms with van der Waals surface area (Å²) >= 11 is 5.91. The molecule has 9 heteroatoms. The molecule has 2 heterocycles. The molecule has 1 aliphatic carbocycles. The second-order valence-electron chi connectivity index (χ2n) is 7.59. The van der Waals surface area contributed by atoms with Crippen LogP contribution in [0.25, 0.3) is 0 Å². The smallest absolute Gasteiger partial charge is 0.203 e. The molecule has 3 rings (SSSR count). The summed E-state index contributed by atoms with van der Waals surface area (Å²) in [5, 5.41) is 6.68. The molecule has 2 atom stereocenters. The Kier molecular flexibility index (Phi) is 7.23. The highest BCUT2D eigenvalue weighted by molar-refractivity contribution is 6.33. The highest BCUT2D eigenvalue weighted by atomic mass is 35.5. The number of halogens is 1. The van der Waals surface area contributed by atoms with Gasteiger partial charge in [0.1, 0.15) is 5.71 Å². The van der Waals surface area contributed by atoms with Crippen LogP contribution < -0.4 is 5.43 Å². The van der Waals surface area contributed by atoms with E-state index in [1.807, 2.05) is 46.3 Å². The fourth-order valence-electron chi connectivity index (χ4n) is 3.16. The summed E-state index contributed by atoms with van der Waals surface area (Å²) in [7, 11) is 5.56. The quantitative estimate of drug-likeness (QED) is 0.270. The molecule has 0 spiro atoms. The Labute approximate surface area is 181 Å². The monoisotopic (exact) mass is 430 g/mol. The molecular formula is C21H27ClN6O2. The molecule has 1 saturated carbocycles. The lowest BCUT2D eigenvalue weighted by atomic mass is 10.2. The van der Waals surface area contributed by atoms with E-state index in [-0.39, 0.29) is 0 Å². The van der Waals surface area contributed by atoms with E-state index in [1.54, 1.807) is 22.0 Å². The number of aryl methyl sites for hydroxylation is 2. The van der Waals surface area contributed by atoms with E-state index in [4.69, 9.17) is 16.3 Å². The zero-order valence-electron chi connectivity index (χ0n) is 17.7. The molecule has 1 fully saturated rings. The van der Waals surface area contributed by atoms with Crippen LogP contribution in [0.3, 0.4) is 0 Å². The number of carbonyl (C=O) groups is 1. The normalized spacial score (nSPS) is 19.1. The lowest BCUT2D eigenvalue weighted by Crippen LogP contribution is -2.31. The number of pyridine rings is 1. The summed E-state index contributed by atoms with van der Waals surface area (Å²) < 4.78 is 7.72. The highest BCUT2D eigenvalue weighted by Crippen LogP contribution is 2.46. The number of aromatic nitrogens is 3. The summed E-state index contributed by atoms with van der Waals surface area (Å²) in [6.45, 7) is 2.81. The maximum atomic E-state index is 11.5. The third kappa shape index (κ3) is 6.14. The first-order valence-electron chi connectivity index (χ1n) is 9.74. The Bertz CT molecular complexity index is 935. The van der Waals surface area contributed by atoms with Crippen molar-refractivity contribution >= 4 is 23.6 Å². The molecule has 1 aliphatic rings. The van der Waals surface area contributed by atoms with Crippen molar-refractivity contribution in [3.63, 3.8) is 0 Å². The Morgan fingerprint density at radius 3 is 2.87 bits per heavy atom. The molecular weight excluding hydrogens is 404 g/mol. The number of aldehydes is 1. The summed E-state index contributed by atoms with van der Waals surface area (Å²) in [4.78, 5) is 20.3. The summed E-state index contributed by atoms with van der Waals surface area (Å²) in [5.41, 5.74) is 6.26. The van der Waals surface area contributed by atoms with Gasteiger partial charge < -0.3 is 4.74 Å². The average molecular weight is 431 g/mol. The fraction of sp³-hybridized carbons (Fsp3) is 0.429. The van der Waals surface area contributed by atoms with Crippen molar-refractivity contribution < 1.29 is 9.53 Å². The molecule has 8 nitrogen and oxygen atoms in total. The zero-order chi connectivity index (χ0) is 21.7.